The second-order valence-corrected chi connectivity index (χ2v) is 1.81. The lowest BCUT2D eigenvalue weighted by atomic mass is 10.4. The summed E-state index contributed by atoms with van der Waals surface area (Å²) in [6, 6.07) is 0. The van der Waals surface area contributed by atoms with Gasteiger partial charge in [-0.05, 0) is 6.92 Å². The summed E-state index contributed by atoms with van der Waals surface area (Å²) in [6.45, 7) is 1.28. The maximum absolute atomic E-state index is 10.5. The Morgan fingerprint density at radius 1 is 1.82 bits per heavy atom. The fourth-order valence-corrected chi connectivity index (χ4v) is 0.234. The van der Waals surface area contributed by atoms with Gasteiger partial charge in [0.25, 0.3) is 0 Å². The molecule has 1 atom stereocenters. The molecule has 64 valence electrons. The third-order valence-corrected chi connectivity index (χ3v) is 0.838. The van der Waals surface area contributed by atoms with Crippen molar-refractivity contribution in [1.29, 1.82) is 0 Å². The Kier molecular flexibility index (Phi) is 3.97. The quantitative estimate of drug-likeness (QED) is 0.243. The smallest absolute Gasteiger partial charge is 0.360 e. The van der Waals surface area contributed by atoms with Gasteiger partial charge in [-0.1, -0.05) is 0 Å². The molecular weight excluding hydrogens is 150 g/mol. The van der Waals surface area contributed by atoms with Crippen molar-refractivity contribution in [2.24, 2.45) is 10.7 Å². The molecule has 0 aromatic heterocycles. The molecule has 0 fully saturated rings. The number of rotatable bonds is 1. The van der Waals surface area contributed by atoms with Gasteiger partial charge in [0.15, 0.2) is 6.10 Å². The van der Waals surface area contributed by atoms with Crippen LogP contribution in [0, 0.1) is 0 Å². The zero-order valence-electron chi connectivity index (χ0n) is 6.37. The van der Waals surface area contributed by atoms with E-state index in [0.29, 0.717) is 0 Å². The van der Waals surface area contributed by atoms with Crippen LogP contribution in [-0.4, -0.2) is 30.2 Å². The fraction of sp³-hybridized carbons (Fsp3) is 0.600. The van der Waals surface area contributed by atoms with Crippen LogP contribution in [0.4, 0.5) is 0 Å². The lowest BCUT2D eigenvalue weighted by Gasteiger charge is -2.05. The van der Waals surface area contributed by atoms with Gasteiger partial charge in [-0.25, -0.2) is 4.79 Å². The summed E-state index contributed by atoms with van der Waals surface area (Å²) < 4.78 is 0. The van der Waals surface area contributed by atoms with Crippen molar-refractivity contribution in [2.45, 2.75) is 13.0 Å². The van der Waals surface area contributed by atoms with E-state index in [1.165, 1.54) is 14.0 Å². The van der Waals surface area contributed by atoms with Crippen molar-refractivity contribution in [3.63, 3.8) is 0 Å². The first-order valence-electron chi connectivity index (χ1n) is 2.95. The van der Waals surface area contributed by atoms with Gasteiger partial charge < -0.3 is 15.7 Å². The first kappa shape index (κ1) is 9.70. The molecule has 0 bridgehead atoms. The van der Waals surface area contributed by atoms with Crippen molar-refractivity contribution in [3.05, 3.63) is 0 Å². The van der Waals surface area contributed by atoms with Crippen LogP contribution >= 0.6 is 0 Å². The van der Waals surface area contributed by atoms with Crippen LogP contribution in [-0.2, 0) is 9.63 Å². The van der Waals surface area contributed by atoms with Crippen LogP contribution in [0.1, 0.15) is 6.92 Å². The molecule has 4 N–H and O–H groups in total. The Bertz CT molecular complexity index is 166. The van der Waals surface area contributed by atoms with Gasteiger partial charge in [0.05, 0.1) is 0 Å². The SMILES string of the molecule is CN=C(N)NOC(=O)C(C)O. The van der Waals surface area contributed by atoms with Gasteiger partial charge in [-0.15, -0.1) is 0 Å². The Balaban J connectivity index is 3.63. The average molecular weight is 161 g/mol. The molecule has 0 aromatic carbocycles. The number of aliphatic imine (C=N–C) groups is 1. The predicted octanol–water partition coefficient (Wildman–Crippen LogP) is -1.64. The van der Waals surface area contributed by atoms with E-state index < -0.39 is 12.1 Å². The maximum atomic E-state index is 10.5. The molecule has 0 heterocycles. The first-order chi connectivity index (χ1) is 5.07. The highest BCUT2D eigenvalue weighted by Crippen LogP contribution is 1.81. The van der Waals surface area contributed by atoms with Crippen molar-refractivity contribution in [1.82, 2.24) is 5.48 Å². The molecule has 0 amide bonds. The van der Waals surface area contributed by atoms with E-state index in [-0.39, 0.29) is 5.96 Å². The molecule has 0 saturated carbocycles. The molecule has 0 aliphatic carbocycles. The second kappa shape index (κ2) is 4.51. The van der Waals surface area contributed by atoms with Gasteiger partial charge in [0, 0.05) is 7.05 Å². The predicted molar refractivity (Wildman–Crippen MR) is 38.5 cm³/mol. The lowest BCUT2D eigenvalue weighted by Crippen LogP contribution is -2.36. The monoisotopic (exact) mass is 161 g/mol. The number of nitrogens with one attached hydrogen (secondary N) is 1. The number of guanidine groups is 1. The van der Waals surface area contributed by atoms with Gasteiger partial charge in [0.2, 0.25) is 5.96 Å². The number of aliphatic hydroxyl groups excluding tert-OH is 1. The molecule has 6 nitrogen and oxygen atoms in total. The third-order valence-electron chi connectivity index (χ3n) is 0.838. The summed E-state index contributed by atoms with van der Waals surface area (Å²) >= 11 is 0. The molecule has 0 radical (unpaired) electrons. The molecule has 11 heavy (non-hydrogen) atoms. The number of aliphatic hydroxyl groups is 1. The van der Waals surface area contributed by atoms with Crippen LogP contribution < -0.4 is 11.2 Å². The Hall–Kier alpha value is -1.30. The summed E-state index contributed by atoms with van der Waals surface area (Å²) in [5.41, 5.74) is 7.13. The highest BCUT2D eigenvalue weighted by molar-refractivity contribution is 5.80. The third kappa shape index (κ3) is 4.15. The van der Waals surface area contributed by atoms with E-state index in [1.807, 2.05) is 5.48 Å². The van der Waals surface area contributed by atoms with Crippen LogP contribution in [0.3, 0.4) is 0 Å². The Morgan fingerprint density at radius 3 is 2.73 bits per heavy atom. The number of hydrogen-bond acceptors (Lipinski definition) is 4. The minimum absolute atomic E-state index is 0.0287. The van der Waals surface area contributed by atoms with Crippen molar-refractivity contribution in [2.75, 3.05) is 7.05 Å². The van der Waals surface area contributed by atoms with Crippen molar-refractivity contribution < 1.29 is 14.7 Å². The number of hydroxylamine groups is 1. The zero-order chi connectivity index (χ0) is 8.85. The standard InChI is InChI=1S/C5H11N3O3/c1-3(9)4(10)11-8-5(6)7-2/h3,9H,1-2H3,(H3,6,7,8). The maximum Gasteiger partial charge on any atom is 0.360 e. The topological polar surface area (TPSA) is 96.9 Å². The molecule has 1 unspecified atom stereocenters. The second-order valence-electron chi connectivity index (χ2n) is 1.81. The number of nitrogens with two attached hydrogens (primary N) is 1. The Morgan fingerprint density at radius 2 is 2.36 bits per heavy atom. The van der Waals surface area contributed by atoms with Crippen molar-refractivity contribution in [3.8, 4) is 0 Å². The molecule has 0 spiro atoms. The van der Waals surface area contributed by atoms with Gasteiger partial charge in [0.1, 0.15) is 0 Å². The van der Waals surface area contributed by atoms with E-state index >= 15 is 0 Å². The van der Waals surface area contributed by atoms with Gasteiger partial charge in [-0.3, -0.25) is 4.99 Å². The normalized spacial score (nSPS) is 13.9. The first-order valence-corrected chi connectivity index (χ1v) is 2.95. The molecule has 0 aromatic rings. The van der Waals surface area contributed by atoms with E-state index in [9.17, 15) is 4.79 Å². The largest absolute Gasteiger partial charge is 0.382 e. The lowest BCUT2D eigenvalue weighted by molar-refractivity contribution is -0.156. The molecule has 0 aliphatic heterocycles. The summed E-state index contributed by atoms with van der Waals surface area (Å²) in [6.07, 6.45) is -1.17. The van der Waals surface area contributed by atoms with E-state index in [0.717, 1.165) is 0 Å². The minimum Gasteiger partial charge on any atom is -0.382 e. The number of hydrogen-bond donors (Lipinski definition) is 3. The Labute approximate surface area is 64.0 Å². The summed E-state index contributed by atoms with van der Waals surface area (Å²) in [5, 5.41) is 8.61. The summed E-state index contributed by atoms with van der Waals surface area (Å²) in [7, 11) is 1.43. The van der Waals surface area contributed by atoms with Gasteiger partial charge >= 0.3 is 5.97 Å². The highest BCUT2D eigenvalue weighted by atomic mass is 16.7. The van der Waals surface area contributed by atoms with Crippen LogP contribution in [0.2, 0.25) is 0 Å². The number of carbonyl (C=O) groups is 1. The van der Waals surface area contributed by atoms with E-state index in [2.05, 4.69) is 9.83 Å². The highest BCUT2D eigenvalue weighted by Gasteiger charge is 2.10. The minimum atomic E-state index is -1.17. The molecule has 0 aliphatic rings. The fourth-order valence-electron chi connectivity index (χ4n) is 0.234. The van der Waals surface area contributed by atoms with Gasteiger partial charge in [-0.2, -0.15) is 5.48 Å². The summed E-state index contributed by atoms with van der Waals surface area (Å²) in [4.78, 5) is 18.2. The molecule has 0 saturated heterocycles. The number of nitrogens with zero attached hydrogens (tertiary/aromatic N) is 1. The van der Waals surface area contributed by atoms with Crippen molar-refractivity contribution >= 4 is 11.9 Å². The van der Waals surface area contributed by atoms with Crippen LogP contribution in [0.5, 0.6) is 0 Å². The van der Waals surface area contributed by atoms with Crippen LogP contribution in [0.25, 0.3) is 0 Å². The summed E-state index contributed by atoms with van der Waals surface area (Å²) in [5.74, 6) is -0.837. The zero-order valence-corrected chi connectivity index (χ0v) is 6.37. The van der Waals surface area contributed by atoms with Crippen LogP contribution in [0.15, 0.2) is 4.99 Å². The van der Waals surface area contributed by atoms with E-state index in [4.69, 9.17) is 10.8 Å². The molecule has 0 rings (SSSR count). The molecular formula is C5H11N3O3. The average Bonchev–Trinajstić information content (AvgIpc) is 1.99. The molecule has 6 heteroatoms. The number of carbonyl (C=O) groups excluding carboxylic acids is 1. The van der Waals surface area contributed by atoms with E-state index in [1.54, 1.807) is 0 Å².